The fourth-order valence-electron chi connectivity index (χ4n) is 3.37. The summed E-state index contributed by atoms with van der Waals surface area (Å²) in [5, 5.41) is 0. The van der Waals surface area contributed by atoms with Crippen molar-refractivity contribution in [1.29, 1.82) is 0 Å². The molecule has 1 fully saturated rings. The molecule has 0 radical (unpaired) electrons. The molecule has 0 heterocycles. The summed E-state index contributed by atoms with van der Waals surface area (Å²) >= 11 is 0. The molecule has 20 heavy (non-hydrogen) atoms. The third-order valence-electron chi connectivity index (χ3n) is 4.83. The van der Waals surface area contributed by atoms with Crippen molar-refractivity contribution < 1.29 is 4.79 Å². The molecule has 1 unspecified atom stereocenters. The van der Waals surface area contributed by atoms with Gasteiger partial charge in [0.2, 0.25) is 0 Å². The van der Waals surface area contributed by atoms with E-state index in [-0.39, 0.29) is 11.8 Å². The van der Waals surface area contributed by atoms with Gasteiger partial charge in [-0.3, -0.25) is 9.69 Å². The van der Waals surface area contributed by atoms with Crippen LogP contribution in [0.1, 0.15) is 61.0 Å². The summed E-state index contributed by atoms with van der Waals surface area (Å²) in [4.78, 5) is 15.1. The number of nitrogens with zero attached hydrogens (tertiary/aromatic N) is 1. The third kappa shape index (κ3) is 3.12. The summed E-state index contributed by atoms with van der Waals surface area (Å²) in [6, 6.07) is 6.66. The van der Waals surface area contributed by atoms with Crippen molar-refractivity contribution >= 4 is 5.78 Å². The van der Waals surface area contributed by atoms with Crippen LogP contribution >= 0.6 is 0 Å². The van der Waals surface area contributed by atoms with E-state index < -0.39 is 0 Å². The Balaban J connectivity index is 2.15. The highest BCUT2D eigenvalue weighted by atomic mass is 16.1. The van der Waals surface area contributed by atoms with E-state index >= 15 is 0 Å². The maximum Gasteiger partial charge on any atom is 0.179 e. The number of carbonyl (C=O) groups excluding carboxylic acids is 1. The van der Waals surface area contributed by atoms with Gasteiger partial charge >= 0.3 is 0 Å². The summed E-state index contributed by atoms with van der Waals surface area (Å²) in [5.74, 6) is 0.266. The first-order chi connectivity index (χ1) is 9.54. The number of aryl methyl sites for hydroxylation is 2. The van der Waals surface area contributed by atoms with Crippen molar-refractivity contribution in [3.05, 3.63) is 34.9 Å². The van der Waals surface area contributed by atoms with Crippen molar-refractivity contribution in [2.45, 2.75) is 65.5 Å². The second-order valence-corrected chi connectivity index (χ2v) is 6.11. The Kier molecular flexibility index (Phi) is 4.98. The number of carbonyl (C=O) groups is 1. The monoisotopic (exact) mass is 273 g/mol. The summed E-state index contributed by atoms with van der Waals surface area (Å²) in [6.45, 7) is 9.36. The molecule has 1 aromatic carbocycles. The first kappa shape index (κ1) is 15.2. The van der Waals surface area contributed by atoms with E-state index in [2.05, 4.69) is 38.7 Å². The third-order valence-corrected chi connectivity index (χ3v) is 4.83. The topological polar surface area (TPSA) is 20.3 Å². The molecule has 0 aliphatic heterocycles. The fraction of sp³-hybridized carbons (Fsp3) is 0.611. The maximum absolute atomic E-state index is 12.7. The lowest BCUT2D eigenvalue weighted by atomic mass is 9.98. The molecule has 2 nitrogen and oxygen atoms in total. The van der Waals surface area contributed by atoms with E-state index in [0.717, 1.165) is 12.1 Å². The number of benzene rings is 1. The highest BCUT2D eigenvalue weighted by molar-refractivity contribution is 6.00. The van der Waals surface area contributed by atoms with Gasteiger partial charge in [-0.25, -0.2) is 0 Å². The molecule has 1 aliphatic carbocycles. The molecule has 2 rings (SSSR count). The van der Waals surface area contributed by atoms with Gasteiger partial charge in [0.1, 0.15) is 0 Å². The van der Waals surface area contributed by atoms with Crippen molar-refractivity contribution in [2.24, 2.45) is 0 Å². The molecule has 1 aromatic rings. The first-order valence-electron chi connectivity index (χ1n) is 7.91. The molecule has 0 amide bonds. The van der Waals surface area contributed by atoms with Gasteiger partial charge in [0.25, 0.3) is 0 Å². The van der Waals surface area contributed by atoms with Crippen LogP contribution in [0.15, 0.2) is 18.2 Å². The van der Waals surface area contributed by atoms with Crippen LogP contribution in [-0.2, 0) is 0 Å². The zero-order chi connectivity index (χ0) is 14.7. The van der Waals surface area contributed by atoms with Crippen LogP contribution in [0.25, 0.3) is 0 Å². The van der Waals surface area contributed by atoms with E-state index in [1.54, 1.807) is 0 Å². The molecule has 0 bridgehead atoms. The Morgan fingerprint density at radius 3 is 2.45 bits per heavy atom. The molecule has 0 N–H and O–H groups in total. The van der Waals surface area contributed by atoms with Crippen molar-refractivity contribution in [3.8, 4) is 0 Å². The average Bonchev–Trinajstić information content (AvgIpc) is 2.95. The molecular formula is C18H27NO. The predicted octanol–water partition coefficient (Wildman–Crippen LogP) is 4.14. The smallest absolute Gasteiger partial charge is 0.179 e. The molecule has 1 atom stereocenters. The van der Waals surface area contributed by atoms with Crippen LogP contribution < -0.4 is 0 Å². The van der Waals surface area contributed by atoms with Gasteiger partial charge in [-0.2, -0.15) is 0 Å². The van der Waals surface area contributed by atoms with Crippen LogP contribution in [0.2, 0.25) is 0 Å². The second kappa shape index (κ2) is 6.53. The molecule has 110 valence electrons. The maximum atomic E-state index is 12.7. The number of hydrogen-bond donors (Lipinski definition) is 0. The van der Waals surface area contributed by atoms with Gasteiger partial charge in [-0.15, -0.1) is 0 Å². The summed E-state index contributed by atoms with van der Waals surface area (Å²) in [7, 11) is 0. The van der Waals surface area contributed by atoms with Crippen molar-refractivity contribution in [1.82, 2.24) is 4.90 Å². The van der Waals surface area contributed by atoms with Gasteiger partial charge in [0.15, 0.2) is 5.78 Å². The van der Waals surface area contributed by atoms with Gasteiger partial charge in [0.05, 0.1) is 6.04 Å². The summed E-state index contributed by atoms with van der Waals surface area (Å²) in [6.07, 6.45) is 5.12. The fourth-order valence-corrected chi connectivity index (χ4v) is 3.37. The van der Waals surface area contributed by atoms with E-state index in [9.17, 15) is 4.79 Å². The molecule has 0 saturated heterocycles. The Morgan fingerprint density at radius 1 is 1.25 bits per heavy atom. The lowest BCUT2D eigenvalue weighted by Gasteiger charge is -2.32. The highest BCUT2D eigenvalue weighted by Gasteiger charge is 2.29. The Hall–Kier alpha value is -1.15. The van der Waals surface area contributed by atoms with E-state index in [0.29, 0.717) is 6.04 Å². The largest absolute Gasteiger partial charge is 0.292 e. The van der Waals surface area contributed by atoms with Crippen molar-refractivity contribution in [3.63, 3.8) is 0 Å². The zero-order valence-corrected chi connectivity index (χ0v) is 13.3. The predicted molar refractivity (Wildman–Crippen MR) is 84.3 cm³/mol. The standard InChI is InChI=1S/C18H27NO/c1-5-19(17-8-6-7-9-17)15(4)18(20)16-11-10-13(2)14(3)12-16/h10-12,15,17H,5-9H2,1-4H3. The van der Waals surface area contributed by atoms with Gasteiger partial charge in [0, 0.05) is 11.6 Å². The van der Waals surface area contributed by atoms with E-state index in [1.807, 2.05) is 12.1 Å². The zero-order valence-electron chi connectivity index (χ0n) is 13.3. The Bertz CT molecular complexity index is 474. The molecule has 0 aromatic heterocycles. The number of Topliss-reactive ketones (excluding diaryl/α,β-unsaturated/α-hetero) is 1. The molecule has 1 aliphatic rings. The molecular weight excluding hydrogens is 246 g/mol. The number of likely N-dealkylation sites (N-methyl/N-ethyl adjacent to an activating group) is 1. The number of rotatable bonds is 5. The van der Waals surface area contributed by atoms with Gasteiger partial charge in [-0.05, 0) is 57.4 Å². The van der Waals surface area contributed by atoms with Crippen LogP contribution in [0.5, 0.6) is 0 Å². The van der Waals surface area contributed by atoms with E-state index in [4.69, 9.17) is 0 Å². The first-order valence-corrected chi connectivity index (χ1v) is 7.91. The lowest BCUT2D eigenvalue weighted by Crippen LogP contribution is -2.44. The minimum absolute atomic E-state index is 0.00907. The average molecular weight is 273 g/mol. The van der Waals surface area contributed by atoms with Gasteiger partial charge < -0.3 is 0 Å². The molecule has 1 saturated carbocycles. The van der Waals surface area contributed by atoms with Crippen LogP contribution in [-0.4, -0.2) is 29.3 Å². The Morgan fingerprint density at radius 2 is 1.90 bits per heavy atom. The van der Waals surface area contributed by atoms with E-state index in [1.165, 1.54) is 36.8 Å². The highest BCUT2D eigenvalue weighted by Crippen LogP contribution is 2.26. The van der Waals surface area contributed by atoms with Crippen molar-refractivity contribution in [2.75, 3.05) is 6.54 Å². The number of ketones is 1. The molecule has 2 heteroatoms. The van der Waals surface area contributed by atoms with Gasteiger partial charge in [-0.1, -0.05) is 31.9 Å². The second-order valence-electron chi connectivity index (χ2n) is 6.11. The minimum Gasteiger partial charge on any atom is -0.292 e. The van der Waals surface area contributed by atoms with Crippen LogP contribution in [0.3, 0.4) is 0 Å². The number of hydrogen-bond acceptors (Lipinski definition) is 2. The summed E-state index contributed by atoms with van der Waals surface area (Å²) in [5.41, 5.74) is 3.31. The lowest BCUT2D eigenvalue weighted by molar-refractivity contribution is 0.0775. The SMILES string of the molecule is CCN(C1CCCC1)C(C)C(=O)c1ccc(C)c(C)c1. The van der Waals surface area contributed by atoms with Crippen LogP contribution in [0.4, 0.5) is 0 Å². The quantitative estimate of drug-likeness (QED) is 0.751. The molecule has 0 spiro atoms. The Labute approximate surface area is 123 Å². The van der Waals surface area contributed by atoms with Crippen LogP contribution in [0, 0.1) is 13.8 Å². The minimum atomic E-state index is -0.00907. The summed E-state index contributed by atoms with van der Waals surface area (Å²) < 4.78 is 0. The normalized spacial score (nSPS) is 17.6.